The number of rotatable bonds is 0. The molecule has 2 saturated heterocycles. The summed E-state index contributed by atoms with van der Waals surface area (Å²) in [6.45, 7) is 2.22. The molecule has 3 aliphatic rings. The molecule has 13 heavy (non-hydrogen) atoms. The zero-order chi connectivity index (χ0) is 8.78. The Morgan fingerprint density at radius 2 is 2.15 bits per heavy atom. The van der Waals surface area contributed by atoms with E-state index in [1.165, 1.54) is 38.0 Å². The molecule has 3 heteroatoms. The van der Waals surface area contributed by atoms with Gasteiger partial charge in [-0.1, -0.05) is 6.42 Å². The van der Waals surface area contributed by atoms with E-state index in [1.54, 1.807) is 0 Å². The molecule has 0 radical (unpaired) electrons. The van der Waals surface area contributed by atoms with Gasteiger partial charge in [-0.15, -0.1) is 0 Å². The normalized spacial score (nSPS) is 42.5. The lowest BCUT2D eigenvalue weighted by Gasteiger charge is -2.50. The maximum absolute atomic E-state index is 6.05. The molecule has 1 saturated carbocycles. The van der Waals surface area contributed by atoms with Gasteiger partial charge in [-0.25, -0.2) is 0 Å². The first-order chi connectivity index (χ1) is 6.33. The van der Waals surface area contributed by atoms with E-state index in [1.807, 2.05) is 11.8 Å². The monoisotopic (exact) mass is 199 g/mol. The third-order valence-electron chi connectivity index (χ3n) is 3.84. The summed E-state index contributed by atoms with van der Waals surface area (Å²) >= 11 is 2.02. The largest absolute Gasteiger partial charge is 0.359 e. The zero-order valence-corrected chi connectivity index (χ0v) is 8.79. The van der Waals surface area contributed by atoms with Crippen LogP contribution in [0.5, 0.6) is 0 Å². The highest BCUT2D eigenvalue weighted by Crippen LogP contribution is 2.45. The molecule has 1 unspecified atom stereocenters. The smallest absolute Gasteiger partial charge is 0.129 e. The van der Waals surface area contributed by atoms with Crippen LogP contribution in [0, 0.1) is 5.41 Å². The second kappa shape index (κ2) is 2.88. The summed E-state index contributed by atoms with van der Waals surface area (Å²) in [5, 5.41) is 3.64. The molecule has 2 aliphatic heterocycles. The Kier molecular flexibility index (Phi) is 1.90. The third kappa shape index (κ3) is 1.32. The Balaban J connectivity index is 1.66. The number of thioether (sulfide) groups is 1. The number of ether oxygens (including phenoxy) is 1. The van der Waals surface area contributed by atoms with Crippen LogP contribution in [-0.2, 0) is 4.74 Å². The molecule has 3 rings (SSSR count). The summed E-state index contributed by atoms with van der Waals surface area (Å²) in [4.78, 5) is 0. The predicted octanol–water partition coefficient (Wildman–Crippen LogP) is 1.61. The van der Waals surface area contributed by atoms with Gasteiger partial charge in [-0.2, -0.15) is 11.8 Å². The van der Waals surface area contributed by atoms with Crippen molar-refractivity contribution in [3.05, 3.63) is 0 Å². The first kappa shape index (κ1) is 8.57. The molecule has 3 fully saturated rings. The standard InChI is InChI=1S/C10H17NOS/c1-2-9(3-1)6-11-10(12-7-9)4-5-13-8-10/h11H,1-8H2. The van der Waals surface area contributed by atoms with E-state index >= 15 is 0 Å². The molecule has 74 valence electrons. The first-order valence-corrected chi connectivity index (χ1v) is 6.45. The topological polar surface area (TPSA) is 21.3 Å². The highest BCUT2D eigenvalue weighted by molar-refractivity contribution is 7.99. The van der Waals surface area contributed by atoms with Gasteiger partial charge in [-0.05, 0) is 25.0 Å². The molecule has 2 nitrogen and oxygen atoms in total. The third-order valence-corrected chi connectivity index (χ3v) is 5.00. The van der Waals surface area contributed by atoms with Gasteiger partial charge >= 0.3 is 0 Å². The second-order valence-corrected chi connectivity index (χ2v) is 5.90. The van der Waals surface area contributed by atoms with Crippen LogP contribution in [0.2, 0.25) is 0 Å². The minimum absolute atomic E-state index is 0.0749. The quantitative estimate of drug-likeness (QED) is 0.640. The molecule has 0 aromatic carbocycles. The molecule has 1 N–H and O–H groups in total. The summed E-state index contributed by atoms with van der Waals surface area (Å²) in [6, 6.07) is 0. The van der Waals surface area contributed by atoms with Crippen molar-refractivity contribution in [1.29, 1.82) is 0 Å². The molecule has 0 aromatic heterocycles. The van der Waals surface area contributed by atoms with Gasteiger partial charge in [0.05, 0.1) is 6.61 Å². The first-order valence-electron chi connectivity index (χ1n) is 5.30. The van der Waals surface area contributed by atoms with E-state index in [9.17, 15) is 0 Å². The Bertz CT molecular complexity index is 197. The molecular formula is C10H17NOS. The molecule has 0 amide bonds. The van der Waals surface area contributed by atoms with E-state index in [-0.39, 0.29) is 5.72 Å². The number of hydrogen-bond donors (Lipinski definition) is 1. The fourth-order valence-electron chi connectivity index (χ4n) is 2.54. The maximum atomic E-state index is 6.05. The van der Waals surface area contributed by atoms with Crippen LogP contribution >= 0.6 is 11.8 Å². The number of nitrogens with one attached hydrogen (secondary N) is 1. The van der Waals surface area contributed by atoms with Crippen molar-refractivity contribution < 1.29 is 4.74 Å². The van der Waals surface area contributed by atoms with Crippen molar-refractivity contribution in [3.8, 4) is 0 Å². The average molecular weight is 199 g/mol. The maximum Gasteiger partial charge on any atom is 0.129 e. The Morgan fingerprint density at radius 1 is 1.23 bits per heavy atom. The summed E-state index contributed by atoms with van der Waals surface area (Å²) in [7, 11) is 0. The second-order valence-electron chi connectivity index (χ2n) is 4.79. The molecule has 0 aromatic rings. The van der Waals surface area contributed by atoms with E-state index in [4.69, 9.17) is 4.74 Å². The van der Waals surface area contributed by atoms with Gasteiger partial charge in [0.2, 0.25) is 0 Å². The van der Waals surface area contributed by atoms with Crippen LogP contribution in [-0.4, -0.2) is 30.4 Å². The lowest BCUT2D eigenvalue weighted by Crippen LogP contribution is -2.61. The summed E-state index contributed by atoms with van der Waals surface area (Å²) in [5.74, 6) is 2.42. The fraction of sp³-hybridized carbons (Fsp3) is 1.00. The lowest BCUT2D eigenvalue weighted by molar-refractivity contribution is -0.151. The summed E-state index contributed by atoms with van der Waals surface area (Å²) in [6.07, 6.45) is 5.37. The van der Waals surface area contributed by atoms with E-state index in [2.05, 4.69) is 5.32 Å². The van der Waals surface area contributed by atoms with Gasteiger partial charge in [0.1, 0.15) is 5.72 Å². The van der Waals surface area contributed by atoms with Gasteiger partial charge in [0.25, 0.3) is 0 Å². The zero-order valence-electron chi connectivity index (χ0n) is 7.97. The highest BCUT2D eigenvalue weighted by Gasteiger charge is 2.47. The van der Waals surface area contributed by atoms with Crippen LogP contribution in [0.15, 0.2) is 0 Å². The van der Waals surface area contributed by atoms with E-state index < -0.39 is 0 Å². The van der Waals surface area contributed by atoms with Crippen LogP contribution in [0.3, 0.4) is 0 Å². The van der Waals surface area contributed by atoms with Crippen LogP contribution in [0.1, 0.15) is 25.7 Å². The Labute approximate surface area is 83.8 Å². The van der Waals surface area contributed by atoms with Crippen LogP contribution < -0.4 is 5.32 Å². The average Bonchev–Trinajstić information content (AvgIpc) is 2.53. The van der Waals surface area contributed by atoms with E-state index in [0.717, 1.165) is 12.4 Å². The predicted molar refractivity (Wildman–Crippen MR) is 54.9 cm³/mol. The van der Waals surface area contributed by atoms with Gasteiger partial charge in [0.15, 0.2) is 0 Å². The van der Waals surface area contributed by atoms with Crippen molar-refractivity contribution in [2.24, 2.45) is 5.41 Å². The molecule has 2 spiro atoms. The van der Waals surface area contributed by atoms with Gasteiger partial charge in [0, 0.05) is 17.7 Å². The van der Waals surface area contributed by atoms with E-state index in [0.29, 0.717) is 5.41 Å². The van der Waals surface area contributed by atoms with Crippen molar-refractivity contribution >= 4 is 11.8 Å². The summed E-state index contributed by atoms with van der Waals surface area (Å²) < 4.78 is 6.05. The molecular weight excluding hydrogens is 182 g/mol. The van der Waals surface area contributed by atoms with Crippen molar-refractivity contribution in [3.63, 3.8) is 0 Å². The highest BCUT2D eigenvalue weighted by atomic mass is 32.2. The Hall–Kier alpha value is 0.270. The SMILES string of the molecule is C1CC2(C1)CNC1(CCSC1)OC2. The lowest BCUT2D eigenvalue weighted by atomic mass is 9.68. The Morgan fingerprint density at radius 3 is 2.62 bits per heavy atom. The number of hydrogen-bond acceptors (Lipinski definition) is 3. The fourth-order valence-corrected chi connectivity index (χ4v) is 3.82. The minimum Gasteiger partial charge on any atom is -0.359 e. The minimum atomic E-state index is 0.0749. The van der Waals surface area contributed by atoms with Crippen molar-refractivity contribution in [2.75, 3.05) is 24.7 Å². The molecule has 1 atom stereocenters. The molecule has 0 bridgehead atoms. The molecule has 2 heterocycles. The van der Waals surface area contributed by atoms with Crippen molar-refractivity contribution in [2.45, 2.75) is 31.4 Å². The van der Waals surface area contributed by atoms with Crippen LogP contribution in [0.25, 0.3) is 0 Å². The van der Waals surface area contributed by atoms with Gasteiger partial charge < -0.3 is 4.74 Å². The van der Waals surface area contributed by atoms with Crippen molar-refractivity contribution in [1.82, 2.24) is 5.32 Å². The molecule has 1 aliphatic carbocycles. The summed E-state index contributed by atoms with van der Waals surface area (Å²) in [5.41, 5.74) is 0.615. The van der Waals surface area contributed by atoms with Crippen LogP contribution in [0.4, 0.5) is 0 Å². The van der Waals surface area contributed by atoms with Gasteiger partial charge in [-0.3, -0.25) is 5.32 Å².